The molecule has 6 heterocycles. The molecule has 0 aliphatic carbocycles. The number of fused-ring (bicyclic) bond motifs is 4. The van der Waals surface area contributed by atoms with E-state index in [9.17, 15) is 0 Å². The molecule has 0 saturated heterocycles. The number of hydrogen-bond acceptors (Lipinski definition) is 4. The molecule has 2 aliphatic heterocycles. The molecule has 2 atom stereocenters. The molecule has 12 aromatic rings. The number of nitrogens with zero attached hydrogens (tertiary/aromatic N) is 4. The molecule has 6 heteroatoms. The van der Waals surface area contributed by atoms with E-state index in [4.69, 9.17) is 19.9 Å². The fourth-order valence-corrected chi connectivity index (χ4v) is 20.3. The molecule has 14 rings (SSSR count). The third-order valence-electron chi connectivity index (χ3n) is 17.0. The van der Waals surface area contributed by atoms with Crippen molar-refractivity contribution in [1.82, 2.24) is 19.9 Å². The van der Waals surface area contributed by atoms with Crippen LogP contribution in [-0.2, 0) is 10.1 Å². The van der Waals surface area contributed by atoms with Crippen LogP contribution in [0.3, 0.4) is 0 Å². The van der Waals surface area contributed by atoms with E-state index < -0.39 is 26.9 Å². The Morgan fingerprint density at radius 3 is 0.949 bits per heavy atom. The van der Waals surface area contributed by atoms with E-state index in [2.05, 4.69) is 244 Å². The summed E-state index contributed by atoms with van der Waals surface area (Å²) in [5, 5.41) is 6.42. The van der Waals surface area contributed by atoms with E-state index in [1.807, 2.05) is 36.9 Å². The fourth-order valence-electron chi connectivity index (χ4n) is 13.5. The molecule has 0 N–H and O–H groups in total. The van der Waals surface area contributed by atoms with E-state index in [1.54, 1.807) is 0 Å². The largest absolute Gasteiger partial charge is 0.256 e. The monoisotopic (exact) mass is 1030 g/mol. The van der Waals surface area contributed by atoms with Crippen molar-refractivity contribution in [2.24, 2.45) is 0 Å². The van der Waals surface area contributed by atoms with Gasteiger partial charge >= 0.3 is 0 Å². The van der Waals surface area contributed by atoms with Crippen LogP contribution in [0.2, 0.25) is 13.1 Å². The topological polar surface area (TPSA) is 51.6 Å². The Morgan fingerprint density at radius 2 is 0.603 bits per heavy atom. The molecule has 0 saturated carbocycles. The number of pyridine rings is 4. The highest BCUT2D eigenvalue weighted by Gasteiger charge is 2.53. The SMILES string of the molecule is C[Si]1=C(c2ccc3cccnc3c2)C(c2ccccc2)=C(c2ccccc2)C1(CCC1(c2ccc3cccnc3c2)C(c2ccccc2)=C(c2ccccc2)C(c2ccc3cccnc3c2)=[Si]1C)c1ccc2cccnc2c1. The molecule has 78 heavy (non-hydrogen) atoms. The molecule has 0 radical (unpaired) electrons. The summed E-state index contributed by atoms with van der Waals surface area (Å²) in [4.78, 5) is 20.2. The number of aromatic nitrogens is 4. The third-order valence-corrected chi connectivity index (χ3v) is 23.7. The number of rotatable bonds is 11. The summed E-state index contributed by atoms with van der Waals surface area (Å²) in [6, 6.07) is 90.6. The standard InChI is InChI=1S/C72H54N4Si2/c1-77-69(57-33-31-49-27-15-41-73-61(49)45-57)65(53-19-7-3-8-20-53)67(55-23-11-5-12-24-55)71(77,59-37-35-51-29-17-43-75-63(51)47-59)39-40-72(60-38-36-52-30-18-44-76-64(52)48-60)68(56-25-13-6-14-26-56)66(54-21-9-4-10-22-54)70(78(72)2)58-34-32-50-28-16-42-74-62(50)46-58/h3-38,41-48H,39-40H2,1-2H3. The lowest BCUT2D eigenvalue weighted by Gasteiger charge is -2.42. The first-order chi connectivity index (χ1) is 38.5. The van der Waals surface area contributed by atoms with Gasteiger partial charge in [0.2, 0.25) is 0 Å². The van der Waals surface area contributed by atoms with Gasteiger partial charge in [0.1, 0.15) is 0 Å². The van der Waals surface area contributed by atoms with Crippen molar-refractivity contribution >= 4 is 93.1 Å². The van der Waals surface area contributed by atoms with Crippen molar-refractivity contribution in [3.63, 3.8) is 0 Å². The molecule has 0 fully saturated rings. The summed E-state index contributed by atoms with van der Waals surface area (Å²) < 4.78 is 0. The first kappa shape index (κ1) is 47.5. The van der Waals surface area contributed by atoms with Crippen LogP contribution >= 0.6 is 0 Å². The minimum Gasteiger partial charge on any atom is -0.256 e. The highest BCUT2D eigenvalue weighted by Crippen LogP contribution is 2.58. The van der Waals surface area contributed by atoms with Crippen LogP contribution < -0.4 is 0 Å². The van der Waals surface area contributed by atoms with Gasteiger partial charge in [-0.05, 0) is 139 Å². The molecule has 4 aromatic heterocycles. The zero-order chi connectivity index (χ0) is 52.2. The van der Waals surface area contributed by atoms with Crippen LogP contribution in [0.5, 0.6) is 0 Å². The van der Waals surface area contributed by atoms with Gasteiger partial charge in [-0.25, -0.2) is 0 Å². The predicted molar refractivity (Wildman–Crippen MR) is 330 cm³/mol. The Kier molecular flexibility index (Phi) is 11.9. The predicted octanol–water partition coefficient (Wildman–Crippen LogP) is 16.0. The van der Waals surface area contributed by atoms with Crippen LogP contribution in [0.1, 0.15) is 57.3 Å². The maximum absolute atomic E-state index is 5.12. The molecule has 8 aromatic carbocycles. The van der Waals surface area contributed by atoms with E-state index in [0.29, 0.717) is 0 Å². The summed E-state index contributed by atoms with van der Waals surface area (Å²) in [7, 11) is -3.31. The Morgan fingerprint density at radius 1 is 0.295 bits per heavy atom. The quantitative estimate of drug-likeness (QED) is 0.121. The summed E-state index contributed by atoms with van der Waals surface area (Å²) in [6.07, 6.45) is 9.44. The molecule has 370 valence electrons. The van der Waals surface area contributed by atoms with Gasteiger partial charge < -0.3 is 0 Å². The van der Waals surface area contributed by atoms with E-state index in [-0.39, 0.29) is 0 Å². The summed E-state index contributed by atoms with van der Waals surface area (Å²) in [5.41, 5.74) is 19.5. The minimum atomic E-state index is -1.66. The van der Waals surface area contributed by atoms with Crippen molar-refractivity contribution < 1.29 is 0 Å². The second-order valence-corrected chi connectivity index (χ2v) is 26.1. The van der Waals surface area contributed by atoms with Crippen molar-refractivity contribution in [2.45, 2.75) is 36.0 Å². The number of allylic oxidation sites excluding steroid dienone is 4. The summed E-state index contributed by atoms with van der Waals surface area (Å²) in [5.74, 6) is 0. The van der Waals surface area contributed by atoms with Crippen LogP contribution in [0.4, 0.5) is 0 Å². The van der Waals surface area contributed by atoms with Crippen LogP contribution in [0.15, 0.2) is 267 Å². The van der Waals surface area contributed by atoms with Gasteiger partial charge in [-0.15, -0.1) is 0 Å². The Labute approximate surface area is 458 Å². The van der Waals surface area contributed by atoms with Crippen molar-refractivity contribution in [3.05, 3.63) is 312 Å². The lowest BCUT2D eigenvalue weighted by atomic mass is 9.72. The van der Waals surface area contributed by atoms with Crippen LogP contribution in [0, 0.1) is 0 Å². The van der Waals surface area contributed by atoms with Gasteiger partial charge in [-0.3, -0.25) is 19.9 Å². The molecule has 0 bridgehead atoms. The smallest absolute Gasteiger partial charge is 0.0707 e. The molecule has 4 nitrogen and oxygen atoms in total. The Bertz CT molecular complexity index is 4170. The highest BCUT2D eigenvalue weighted by molar-refractivity contribution is 6.89. The zero-order valence-electron chi connectivity index (χ0n) is 43.6. The molecular weight excluding hydrogens is 977 g/mol. The normalized spacial score (nSPS) is 17.6. The second kappa shape index (κ2) is 19.6. The molecule has 2 unspecified atom stereocenters. The average molecular weight is 1030 g/mol. The Balaban J connectivity index is 1.13. The lowest BCUT2D eigenvalue weighted by Crippen LogP contribution is -2.43. The van der Waals surface area contributed by atoms with Crippen molar-refractivity contribution in [3.8, 4) is 0 Å². The number of benzene rings is 8. The zero-order valence-corrected chi connectivity index (χ0v) is 45.6. The average Bonchev–Trinajstić information content (AvgIpc) is 3.85. The van der Waals surface area contributed by atoms with Crippen LogP contribution in [-0.4, -0.2) is 47.1 Å². The van der Waals surface area contributed by atoms with Crippen LogP contribution in [0.25, 0.3) is 65.9 Å². The first-order valence-electron chi connectivity index (χ1n) is 27.1. The van der Waals surface area contributed by atoms with Gasteiger partial charge in [0.05, 0.1) is 22.1 Å². The van der Waals surface area contributed by atoms with Gasteiger partial charge in [0.15, 0.2) is 0 Å². The first-order valence-corrected chi connectivity index (χ1v) is 31.1. The maximum Gasteiger partial charge on any atom is 0.0707 e. The third kappa shape index (κ3) is 7.77. The molecular formula is C72H54N4Si2. The van der Waals surface area contributed by atoms with Gasteiger partial charge in [-0.1, -0.05) is 207 Å². The molecule has 0 amide bonds. The van der Waals surface area contributed by atoms with E-state index in [0.717, 1.165) is 56.5 Å². The lowest BCUT2D eigenvalue weighted by molar-refractivity contribution is 0.567. The second-order valence-electron chi connectivity index (χ2n) is 20.9. The number of hydrogen-bond donors (Lipinski definition) is 0. The van der Waals surface area contributed by atoms with Gasteiger partial charge in [0, 0.05) is 73.2 Å². The van der Waals surface area contributed by atoms with Gasteiger partial charge in [-0.2, -0.15) is 0 Å². The highest BCUT2D eigenvalue weighted by atomic mass is 28.2. The summed E-state index contributed by atoms with van der Waals surface area (Å²) in [6.45, 7) is 5.23. The molecule has 2 aliphatic rings. The van der Waals surface area contributed by atoms with E-state index in [1.165, 1.54) is 77.1 Å². The minimum absolute atomic E-state index is 0.494. The van der Waals surface area contributed by atoms with Gasteiger partial charge in [0.25, 0.3) is 0 Å². The molecule has 0 spiro atoms. The fraction of sp³-hybridized carbons (Fsp3) is 0.0833. The van der Waals surface area contributed by atoms with E-state index >= 15 is 0 Å². The summed E-state index contributed by atoms with van der Waals surface area (Å²) >= 11 is 0. The maximum atomic E-state index is 5.12. The Hall–Kier alpha value is -8.95. The van der Waals surface area contributed by atoms with Crippen molar-refractivity contribution in [2.75, 3.05) is 0 Å². The van der Waals surface area contributed by atoms with Crippen molar-refractivity contribution in [1.29, 1.82) is 0 Å².